The van der Waals surface area contributed by atoms with E-state index in [0.717, 1.165) is 12.8 Å². The van der Waals surface area contributed by atoms with Crippen LogP contribution in [-0.4, -0.2) is 34.5 Å². The van der Waals surface area contributed by atoms with Gasteiger partial charge in [-0.2, -0.15) is 0 Å². The van der Waals surface area contributed by atoms with Crippen LogP contribution < -0.4 is 0 Å². The van der Waals surface area contributed by atoms with Crippen LogP contribution in [0, 0.1) is 0 Å². The second kappa shape index (κ2) is 32.8. The fraction of sp³-hybridized carbons (Fsp3) is 0.870. The standard InChI is InChI=1S/C18H36O2.C3H6.C2H6O2/c1-2-3-4-5-6-7-8-9-10-11-12-13-14-15-16-17-18(19)20;1-3-2;3-1-2-4/h2-17H2,1H3,(H,19,20);3H,1H2,2H3;3-4H,1-2H2. The number of hydrogen-bond acceptors (Lipinski definition) is 3. The van der Waals surface area contributed by atoms with Crippen LogP contribution in [0.5, 0.6) is 0 Å². The Bertz CT molecular complexity index is 265. The summed E-state index contributed by atoms with van der Waals surface area (Å²) in [4.78, 5) is 10.3. The average Bonchev–Trinajstić information content (AvgIpc) is 2.65. The number of hydrogen-bond donors (Lipinski definition) is 3. The molecule has 4 nitrogen and oxygen atoms in total. The van der Waals surface area contributed by atoms with Crippen molar-refractivity contribution < 1.29 is 20.1 Å². The summed E-state index contributed by atoms with van der Waals surface area (Å²) in [5.74, 6) is -0.653. The van der Waals surface area contributed by atoms with Crippen LogP contribution in [0.2, 0.25) is 0 Å². The molecular formula is C23H48O4. The van der Waals surface area contributed by atoms with Crippen LogP contribution in [0.1, 0.15) is 117 Å². The molecule has 0 saturated carbocycles. The Kier molecular flexibility index (Phi) is 37.4. The number of aliphatic carboxylic acids is 1. The SMILES string of the molecule is C=CC.CCCCCCCCCCCCCCCCCC(=O)O.OCCO. The third-order valence-corrected chi connectivity index (χ3v) is 4.09. The van der Waals surface area contributed by atoms with Crippen LogP contribution >= 0.6 is 0 Å². The first kappa shape index (κ1) is 30.8. The number of aliphatic hydroxyl groups is 2. The van der Waals surface area contributed by atoms with Crippen LogP contribution in [0.4, 0.5) is 0 Å². The molecule has 3 N–H and O–H groups in total. The Labute approximate surface area is 169 Å². The summed E-state index contributed by atoms with van der Waals surface area (Å²) in [6.07, 6.45) is 21.9. The fourth-order valence-corrected chi connectivity index (χ4v) is 2.65. The van der Waals surface area contributed by atoms with Crippen LogP contribution in [0.25, 0.3) is 0 Å². The molecule has 0 rings (SSSR count). The van der Waals surface area contributed by atoms with Gasteiger partial charge in [-0.25, -0.2) is 0 Å². The van der Waals surface area contributed by atoms with Gasteiger partial charge in [-0.15, -0.1) is 6.58 Å². The Morgan fingerprint density at radius 3 is 1.19 bits per heavy atom. The summed E-state index contributed by atoms with van der Waals surface area (Å²) in [6, 6.07) is 0. The van der Waals surface area contributed by atoms with Crippen molar-refractivity contribution in [3.8, 4) is 0 Å². The second-order valence-electron chi connectivity index (χ2n) is 6.95. The van der Waals surface area contributed by atoms with Gasteiger partial charge in [-0.05, 0) is 13.3 Å². The second-order valence-corrected chi connectivity index (χ2v) is 6.95. The Morgan fingerprint density at radius 1 is 0.704 bits per heavy atom. The van der Waals surface area contributed by atoms with Crippen molar-refractivity contribution in [3.63, 3.8) is 0 Å². The minimum Gasteiger partial charge on any atom is -0.481 e. The quantitative estimate of drug-likeness (QED) is 0.196. The summed E-state index contributed by atoms with van der Waals surface area (Å²) in [6.45, 7) is 7.27. The minimum atomic E-state index is -0.653. The van der Waals surface area contributed by atoms with E-state index in [9.17, 15) is 4.79 Å². The highest BCUT2D eigenvalue weighted by molar-refractivity contribution is 5.66. The zero-order valence-corrected chi connectivity index (χ0v) is 18.3. The van der Waals surface area contributed by atoms with Gasteiger partial charge >= 0.3 is 5.97 Å². The summed E-state index contributed by atoms with van der Waals surface area (Å²) in [5, 5.41) is 23.8. The lowest BCUT2D eigenvalue weighted by Crippen LogP contribution is -1.93. The molecular weight excluding hydrogens is 340 g/mol. The zero-order chi connectivity index (χ0) is 21.0. The van der Waals surface area contributed by atoms with Crippen LogP contribution in [-0.2, 0) is 4.79 Å². The number of carboxylic acids is 1. The molecule has 164 valence electrons. The normalized spacial score (nSPS) is 9.63. The van der Waals surface area contributed by atoms with Crippen molar-refractivity contribution >= 4 is 5.97 Å². The monoisotopic (exact) mass is 388 g/mol. The van der Waals surface area contributed by atoms with Gasteiger partial charge in [0.2, 0.25) is 0 Å². The van der Waals surface area contributed by atoms with E-state index in [4.69, 9.17) is 15.3 Å². The molecule has 0 atom stereocenters. The molecule has 0 aromatic rings. The van der Waals surface area contributed by atoms with E-state index in [1.165, 1.54) is 83.5 Å². The molecule has 4 heteroatoms. The maximum Gasteiger partial charge on any atom is 0.303 e. The van der Waals surface area contributed by atoms with Gasteiger partial charge < -0.3 is 15.3 Å². The molecule has 0 aliphatic rings. The first-order valence-corrected chi connectivity index (χ1v) is 11.1. The zero-order valence-electron chi connectivity index (χ0n) is 18.3. The summed E-state index contributed by atoms with van der Waals surface area (Å²) in [7, 11) is 0. The predicted octanol–water partition coefficient (Wildman–Crippen LogP) is 6.50. The highest BCUT2D eigenvalue weighted by Gasteiger charge is 1.97. The molecule has 0 radical (unpaired) electrons. The van der Waals surface area contributed by atoms with Crippen molar-refractivity contribution in [2.45, 2.75) is 117 Å². The molecule has 0 unspecified atom stereocenters. The molecule has 0 aromatic carbocycles. The van der Waals surface area contributed by atoms with Gasteiger partial charge in [0.05, 0.1) is 13.2 Å². The number of unbranched alkanes of at least 4 members (excludes halogenated alkanes) is 14. The van der Waals surface area contributed by atoms with E-state index < -0.39 is 5.97 Å². The summed E-state index contributed by atoms with van der Waals surface area (Å²) >= 11 is 0. The summed E-state index contributed by atoms with van der Waals surface area (Å²) in [5.41, 5.74) is 0. The number of allylic oxidation sites excluding steroid dienone is 1. The lowest BCUT2D eigenvalue weighted by Gasteiger charge is -2.03. The molecule has 0 saturated heterocycles. The van der Waals surface area contributed by atoms with E-state index in [-0.39, 0.29) is 13.2 Å². The van der Waals surface area contributed by atoms with E-state index >= 15 is 0 Å². The van der Waals surface area contributed by atoms with Crippen LogP contribution in [0.3, 0.4) is 0 Å². The van der Waals surface area contributed by atoms with Crippen molar-refractivity contribution in [1.82, 2.24) is 0 Å². The first-order valence-electron chi connectivity index (χ1n) is 11.1. The Hall–Kier alpha value is -0.870. The molecule has 0 bridgehead atoms. The molecule has 0 aromatic heterocycles. The maximum absolute atomic E-state index is 10.3. The van der Waals surface area contributed by atoms with E-state index in [0.29, 0.717) is 6.42 Å². The maximum atomic E-state index is 10.3. The molecule has 0 amide bonds. The predicted molar refractivity (Wildman–Crippen MR) is 117 cm³/mol. The number of carboxylic acid groups (broad SMARTS) is 1. The lowest BCUT2D eigenvalue weighted by molar-refractivity contribution is -0.137. The number of aliphatic hydroxyl groups excluding tert-OH is 2. The highest BCUT2D eigenvalue weighted by Crippen LogP contribution is 2.13. The first-order chi connectivity index (χ1) is 13.1. The van der Waals surface area contributed by atoms with Gasteiger partial charge in [0, 0.05) is 6.42 Å². The number of rotatable bonds is 17. The highest BCUT2D eigenvalue weighted by atomic mass is 16.4. The fourth-order valence-electron chi connectivity index (χ4n) is 2.65. The van der Waals surface area contributed by atoms with Gasteiger partial charge in [-0.1, -0.05) is 103 Å². The molecule has 0 aliphatic carbocycles. The topological polar surface area (TPSA) is 77.8 Å². The van der Waals surface area contributed by atoms with Crippen molar-refractivity contribution in [2.75, 3.05) is 13.2 Å². The Morgan fingerprint density at radius 2 is 0.963 bits per heavy atom. The van der Waals surface area contributed by atoms with E-state index in [1.54, 1.807) is 6.08 Å². The third kappa shape index (κ3) is 45.8. The average molecular weight is 389 g/mol. The largest absolute Gasteiger partial charge is 0.481 e. The van der Waals surface area contributed by atoms with E-state index in [1.807, 2.05) is 6.92 Å². The summed E-state index contributed by atoms with van der Waals surface area (Å²) < 4.78 is 0. The third-order valence-electron chi connectivity index (χ3n) is 4.09. The van der Waals surface area contributed by atoms with Gasteiger partial charge in [-0.3, -0.25) is 4.79 Å². The van der Waals surface area contributed by atoms with E-state index in [2.05, 4.69) is 13.5 Å². The van der Waals surface area contributed by atoms with Crippen molar-refractivity contribution in [3.05, 3.63) is 12.7 Å². The van der Waals surface area contributed by atoms with Gasteiger partial charge in [0.15, 0.2) is 0 Å². The van der Waals surface area contributed by atoms with Crippen molar-refractivity contribution in [2.24, 2.45) is 0 Å². The molecule has 0 fully saturated rings. The van der Waals surface area contributed by atoms with Gasteiger partial charge in [0.25, 0.3) is 0 Å². The van der Waals surface area contributed by atoms with Crippen molar-refractivity contribution in [1.29, 1.82) is 0 Å². The smallest absolute Gasteiger partial charge is 0.303 e. The minimum absolute atomic E-state index is 0.125. The number of carbonyl (C=O) groups is 1. The molecule has 0 aliphatic heterocycles. The Balaban J connectivity index is -0.000000703. The molecule has 0 spiro atoms. The molecule has 0 heterocycles. The van der Waals surface area contributed by atoms with Gasteiger partial charge in [0.1, 0.15) is 0 Å². The molecule has 27 heavy (non-hydrogen) atoms. The van der Waals surface area contributed by atoms with Crippen LogP contribution in [0.15, 0.2) is 12.7 Å². The lowest BCUT2D eigenvalue weighted by atomic mass is 10.0.